The molecule has 0 saturated heterocycles. The topological polar surface area (TPSA) is 106 Å². The van der Waals surface area contributed by atoms with Gasteiger partial charge in [-0.2, -0.15) is 0 Å². The number of carboxylic acid groups (broad SMARTS) is 1. The number of hydrogen-bond donors (Lipinski definition) is 2. The van der Waals surface area contributed by atoms with Crippen LogP contribution in [0.15, 0.2) is 27.2 Å². The van der Waals surface area contributed by atoms with Gasteiger partial charge in [0.05, 0.1) is 18.4 Å². The summed E-state index contributed by atoms with van der Waals surface area (Å²) < 4.78 is 10.7. The Morgan fingerprint density at radius 2 is 2.23 bits per heavy atom. The maximum absolute atomic E-state index is 12.0. The molecule has 0 aliphatic heterocycles. The van der Waals surface area contributed by atoms with Crippen molar-refractivity contribution in [2.24, 2.45) is 0 Å². The van der Waals surface area contributed by atoms with E-state index in [4.69, 9.17) is 13.9 Å². The molecule has 1 amide bonds. The zero-order valence-electron chi connectivity index (χ0n) is 12.5. The fourth-order valence-corrected chi connectivity index (χ4v) is 1.99. The van der Waals surface area contributed by atoms with E-state index in [1.165, 1.54) is 6.26 Å². The Labute approximate surface area is 127 Å². The number of furan rings is 1. The quantitative estimate of drug-likeness (QED) is 0.812. The number of oxazole rings is 1. The summed E-state index contributed by atoms with van der Waals surface area (Å²) in [6.07, 6.45) is 2.00. The van der Waals surface area contributed by atoms with Crippen molar-refractivity contribution in [1.29, 1.82) is 0 Å². The van der Waals surface area contributed by atoms with Gasteiger partial charge in [0.15, 0.2) is 5.76 Å². The van der Waals surface area contributed by atoms with Gasteiger partial charge in [0.25, 0.3) is 5.89 Å². The molecule has 0 aliphatic carbocycles. The van der Waals surface area contributed by atoms with E-state index in [0.29, 0.717) is 29.5 Å². The van der Waals surface area contributed by atoms with Gasteiger partial charge in [-0.05, 0) is 32.4 Å². The second-order valence-corrected chi connectivity index (χ2v) is 5.08. The summed E-state index contributed by atoms with van der Waals surface area (Å²) in [4.78, 5) is 26.7. The molecule has 0 aromatic carbocycles. The minimum absolute atomic E-state index is 0.0209. The van der Waals surface area contributed by atoms with Gasteiger partial charge in [-0.15, -0.1) is 0 Å². The molecule has 2 N–H and O–H groups in total. The van der Waals surface area contributed by atoms with Crippen LogP contribution in [0.25, 0.3) is 11.7 Å². The normalized spacial score (nSPS) is 12.1. The molecule has 2 aromatic rings. The van der Waals surface area contributed by atoms with Gasteiger partial charge in [-0.3, -0.25) is 9.59 Å². The molecule has 1 unspecified atom stereocenters. The van der Waals surface area contributed by atoms with Crippen LogP contribution < -0.4 is 5.32 Å². The molecule has 0 saturated carbocycles. The molecule has 118 valence electrons. The Morgan fingerprint density at radius 3 is 2.86 bits per heavy atom. The number of rotatable bonds is 7. The number of aryl methyl sites for hydroxylation is 1. The summed E-state index contributed by atoms with van der Waals surface area (Å²) in [7, 11) is 0. The van der Waals surface area contributed by atoms with E-state index in [0.717, 1.165) is 0 Å². The van der Waals surface area contributed by atoms with Gasteiger partial charge < -0.3 is 19.3 Å². The number of aliphatic carboxylic acids is 1. The van der Waals surface area contributed by atoms with E-state index >= 15 is 0 Å². The third kappa shape index (κ3) is 4.21. The molecule has 0 bridgehead atoms. The number of carboxylic acids is 1. The molecule has 2 rings (SSSR count). The molecular weight excluding hydrogens is 288 g/mol. The van der Waals surface area contributed by atoms with Gasteiger partial charge in [0.1, 0.15) is 5.76 Å². The lowest BCUT2D eigenvalue weighted by Crippen LogP contribution is -2.34. The SMILES string of the molecule is Cc1oc(-c2ccco2)nc1CC(=O)NC(C)CCC(=O)O. The number of carbonyl (C=O) groups is 2. The summed E-state index contributed by atoms with van der Waals surface area (Å²) >= 11 is 0. The highest BCUT2D eigenvalue weighted by molar-refractivity contribution is 5.78. The summed E-state index contributed by atoms with van der Waals surface area (Å²) in [6.45, 7) is 3.50. The van der Waals surface area contributed by atoms with Crippen LogP contribution in [-0.4, -0.2) is 28.0 Å². The van der Waals surface area contributed by atoms with Crippen LogP contribution in [0.2, 0.25) is 0 Å². The van der Waals surface area contributed by atoms with Crippen LogP contribution in [0.1, 0.15) is 31.2 Å². The van der Waals surface area contributed by atoms with Gasteiger partial charge in [0.2, 0.25) is 5.91 Å². The van der Waals surface area contributed by atoms with Crippen LogP contribution >= 0.6 is 0 Å². The highest BCUT2D eigenvalue weighted by atomic mass is 16.4. The number of hydrogen-bond acceptors (Lipinski definition) is 5. The minimum atomic E-state index is -0.878. The van der Waals surface area contributed by atoms with Crippen LogP contribution in [0, 0.1) is 6.92 Å². The predicted octanol–water partition coefficient (Wildman–Crippen LogP) is 2.16. The number of carbonyl (C=O) groups excluding carboxylic acids is 1. The van der Waals surface area contributed by atoms with E-state index < -0.39 is 5.97 Å². The third-order valence-corrected chi connectivity index (χ3v) is 3.15. The zero-order chi connectivity index (χ0) is 16.1. The minimum Gasteiger partial charge on any atom is -0.481 e. The fraction of sp³-hybridized carbons (Fsp3) is 0.400. The monoisotopic (exact) mass is 306 g/mol. The highest BCUT2D eigenvalue weighted by Gasteiger charge is 2.17. The van der Waals surface area contributed by atoms with Gasteiger partial charge >= 0.3 is 5.97 Å². The van der Waals surface area contributed by atoms with Crippen LogP contribution in [-0.2, 0) is 16.0 Å². The predicted molar refractivity (Wildman–Crippen MR) is 77.1 cm³/mol. The maximum Gasteiger partial charge on any atom is 0.303 e. The number of aromatic nitrogens is 1. The smallest absolute Gasteiger partial charge is 0.303 e. The van der Waals surface area contributed by atoms with Crippen molar-refractivity contribution >= 4 is 11.9 Å². The molecule has 7 heteroatoms. The molecule has 7 nitrogen and oxygen atoms in total. The van der Waals surface area contributed by atoms with Crippen molar-refractivity contribution in [3.8, 4) is 11.7 Å². The standard InChI is InChI=1S/C15H18N2O5/c1-9(5-6-14(19)20)16-13(18)8-11-10(2)22-15(17-11)12-4-3-7-21-12/h3-4,7,9H,5-6,8H2,1-2H3,(H,16,18)(H,19,20). The molecule has 0 spiro atoms. The Bertz CT molecular complexity index is 645. The number of nitrogens with one attached hydrogen (secondary N) is 1. The van der Waals surface area contributed by atoms with Gasteiger partial charge in [0, 0.05) is 12.5 Å². The second kappa shape index (κ2) is 6.93. The van der Waals surface area contributed by atoms with Gasteiger partial charge in [-0.25, -0.2) is 4.98 Å². The van der Waals surface area contributed by atoms with Crippen molar-refractivity contribution in [2.75, 3.05) is 0 Å². The summed E-state index contributed by atoms with van der Waals surface area (Å²) in [5.41, 5.74) is 0.536. The van der Waals surface area contributed by atoms with E-state index in [1.54, 1.807) is 26.0 Å². The fourth-order valence-electron chi connectivity index (χ4n) is 1.99. The maximum atomic E-state index is 12.0. The molecular formula is C15H18N2O5. The van der Waals surface area contributed by atoms with Crippen molar-refractivity contribution in [2.45, 2.75) is 39.2 Å². The van der Waals surface area contributed by atoms with E-state index in [1.807, 2.05) is 0 Å². The summed E-state index contributed by atoms with van der Waals surface area (Å²) in [5, 5.41) is 11.4. The van der Waals surface area contributed by atoms with E-state index in [9.17, 15) is 9.59 Å². The summed E-state index contributed by atoms with van der Waals surface area (Å²) in [6, 6.07) is 3.24. The van der Waals surface area contributed by atoms with E-state index in [-0.39, 0.29) is 24.8 Å². The molecule has 2 heterocycles. The lowest BCUT2D eigenvalue weighted by atomic mass is 10.1. The number of amides is 1. The highest BCUT2D eigenvalue weighted by Crippen LogP contribution is 2.22. The summed E-state index contributed by atoms with van der Waals surface area (Å²) in [5.74, 6) is 0.297. The molecule has 0 aliphatic rings. The molecule has 22 heavy (non-hydrogen) atoms. The lowest BCUT2D eigenvalue weighted by Gasteiger charge is -2.12. The average Bonchev–Trinajstić information content (AvgIpc) is 3.07. The van der Waals surface area contributed by atoms with Crippen molar-refractivity contribution in [3.05, 3.63) is 29.9 Å². The average molecular weight is 306 g/mol. The largest absolute Gasteiger partial charge is 0.481 e. The van der Waals surface area contributed by atoms with Crippen molar-refractivity contribution in [3.63, 3.8) is 0 Å². The van der Waals surface area contributed by atoms with Crippen LogP contribution in [0.4, 0.5) is 0 Å². The van der Waals surface area contributed by atoms with Gasteiger partial charge in [-0.1, -0.05) is 0 Å². The Morgan fingerprint density at radius 1 is 1.45 bits per heavy atom. The Kier molecular flexibility index (Phi) is 4.98. The zero-order valence-corrected chi connectivity index (χ0v) is 12.5. The first-order chi connectivity index (χ1) is 10.5. The molecule has 1 atom stereocenters. The lowest BCUT2D eigenvalue weighted by molar-refractivity contribution is -0.137. The van der Waals surface area contributed by atoms with Crippen molar-refractivity contribution < 1.29 is 23.5 Å². The van der Waals surface area contributed by atoms with Crippen LogP contribution in [0.5, 0.6) is 0 Å². The van der Waals surface area contributed by atoms with Crippen LogP contribution in [0.3, 0.4) is 0 Å². The first kappa shape index (κ1) is 15.8. The second-order valence-electron chi connectivity index (χ2n) is 5.08. The Hall–Kier alpha value is -2.57. The molecule has 2 aromatic heterocycles. The van der Waals surface area contributed by atoms with E-state index in [2.05, 4.69) is 10.3 Å². The number of nitrogens with zero attached hydrogens (tertiary/aromatic N) is 1. The Balaban J connectivity index is 1.93. The first-order valence-corrected chi connectivity index (χ1v) is 6.97. The molecule has 0 radical (unpaired) electrons. The first-order valence-electron chi connectivity index (χ1n) is 6.97. The molecule has 0 fully saturated rings. The van der Waals surface area contributed by atoms with Crippen molar-refractivity contribution in [1.82, 2.24) is 10.3 Å². The third-order valence-electron chi connectivity index (χ3n) is 3.15.